The zero-order valence-electron chi connectivity index (χ0n) is 11.6. The molecule has 112 valence electrons. The van der Waals surface area contributed by atoms with Crippen LogP contribution in [0.5, 0.6) is 0 Å². The first kappa shape index (κ1) is 15.8. The van der Waals surface area contributed by atoms with E-state index in [0.717, 1.165) is 18.4 Å². The second-order valence-electron chi connectivity index (χ2n) is 5.60. The number of aryl methyl sites for hydroxylation is 1. The first-order chi connectivity index (χ1) is 9.05. The third-order valence-electron chi connectivity index (χ3n) is 4.14. The van der Waals surface area contributed by atoms with E-state index in [-0.39, 0.29) is 12.4 Å². The molecule has 2 atom stereocenters. The van der Waals surface area contributed by atoms with Crippen LogP contribution in [0.2, 0.25) is 0 Å². The minimum absolute atomic E-state index is 0. The van der Waals surface area contributed by atoms with Crippen molar-refractivity contribution in [1.29, 1.82) is 0 Å². The topological polar surface area (TPSA) is 49.4 Å². The number of halogens is 1. The number of fused-ring (bicyclic) bond motifs is 2. The van der Waals surface area contributed by atoms with Crippen LogP contribution in [0.3, 0.4) is 0 Å². The monoisotopic (exact) mass is 316 g/mol. The Morgan fingerprint density at radius 1 is 1.10 bits per heavy atom. The lowest BCUT2D eigenvalue weighted by Gasteiger charge is -2.23. The van der Waals surface area contributed by atoms with Crippen LogP contribution in [0, 0.1) is 6.92 Å². The molecule has 2 bridgehead atoms. The summed E-state index contributed by atoms with van der Waals surface area (Å²) in [5, 5.41) is 3.51. The highest BCUT2D eigenvalue weighted by Crippen LogP contribution is 2.25. The van der Waals surface area contributed by atoms with Gasteiger partial charge in [-0.05, 0) is 38.3 Å². The van der Waals surface area contributed by atoms with Crippen LogP contribution in [0.15, 0.2) is 29.2 Å². The van der Waals surface area contributed by atoms with E-state index >= 15 is 0 Å². The molecule has 0 aromatic heterocycles. The number of nitrogens with one attached hydrogen (secondary N) is 1. The van der Waals surface area contributed by atoms with Crippen LogP contribution in [0.1, 0.15) is 24.8 Å². The molecule has 2 fully saturated rings. The maximum Gasteiger partial charge on any atom is 0.243 e. The van der Waals surface area contributed by atoms with Gasteiger partial charge in [0, 0.05) is 25.2 Å². The van der Waals surface area contributed by atoms with Gasteiger partial charge in [-0.3, -0.25) is 0 Å². The Balaban J connectivity index is 0.00000147. The van der Waals surface area contributed by atoms with Crippen LogP contribution in [-0.2, 0) is 10.0 Å². The van der Waals surface area contributed by atoms with Gasteiger partial charge in [-0.1, -0.05) is 17.7 Å². The van der Waals surface area contributed by atoms with Crippen molar-refractivity contribution < 1.29 is 8.42 Å². The Morgan fingerprint density at radius 3 is 2.45 bits per heavy atom. The van der Waals surface area contributed by atoms with Gasteiger partial charge >= 0.3 is 0 Å². The average molecular weight is 317 g/mol. The molecule has 0 aliphatic carbocycles. The Hall–Kier alpha value is -0.620. The number of benzene rings is 1. The SMILES string of the molecule is Cc1ccc(S(=O)(=O)N2CCC3CCC(C2)N3)cc1.Cl. The van der Waals surface area contributed by atoms with E-state index in [0.29, 0.717) is 30.1 Å². The number of sulfonamides is 1. The highest BCUT2D eigenvalue weighted by atomic mass is 35.5. The summed E-state index contributed by atoms with van der Waals surface area (Å²) >= 11 is 0. The molecule has 1 N–H and O–H groups in total. The standard InChI is InChI=1S/C14H20N2O2S.ClH/c1-11-2-6-14(7-3-11)19(17,18)16-9-8-12-4-5-13(10-16)15-12;/h2-3,6-7,12-13,15H,4-5,8-10H2,1H3;1H. The summed E-state index contributed by atoms with van der Waals surface area (Å²) in [6, 6.07) is 7.96. The van der Waals surface area contributed by atoms with Crippen molar-refractivity contribution in [3.05, 3.63) is 29.8 Å². The number of hydrogen-bond donors (Lipinski definition) is 1. The van der Waals surface area contributed by atoms with Crippen molar-refractivity contribution in [2.24, 2.45) is 0 Å². The number of nitrogens with zero attached hydrogens (tertiary/aromatic N) is 1. The molecule has 1 aromatic rings. The predicted molar refractivity (Wildman–Crippen MR) is 81.7 cm³/mol. The third-order valence-corrected chi connectivity index (χ3v) is 6.02. The van der Waals surface area contributed by atoms with E-state index in [9.17, 15) is 8.42 Å². The maximum atomic E-state index is 12.6. The van der Waals surface area contributed by atoms with Gasteiger partial charge in [-0.25, -0.2) is 8.42 Å². The number of hydrogen-bond acceptors (Lipinski definition) is 3. The lowest BCUT2D eigenvalue weighted by atomic mass is 10.1. The quantitative estimate of drug-likeness (QED) is 0.907. The van der Waals surface area contributed by atoms with Crippen molar-refractivity contribution in [3.63, 3.8) is 0 Å². The summed E-state index contributed by atoms with van der Waals surface area (Å²) in [5.41, 5.74) is 1.08. The van der Waals surface area contributed by atoms with E-state index < -0.39 is 10.0 Å². The molecule has 20 heavy (non-hydrogen) atoms. The molecule has 2 saturated heterocycles. The van der Waals surface area contributed by atoms with Crippen LogP contribution in [-0.4, -0.2) is 37.9 Å². The first-order valence-electron chi connectivity index (χ1n) is 6.88. The van der Waals surface area contributed by atoms with E-state index in [1.807, 2.05) is 19.1 Å². The van der Waals surface area contributed by atoms with Crippen LogP contribution >= 0.6 is 12.4 Å². The molecular formula is C14H21ClN2O2S. The molecular weight excluding hydrogens is 296 g/mol. The van der Waals surface area contributed by atoms with Crippen molar-refractivity contribution >= 4 is 22.4 Å². The van der Waals surface area contributed by atoms with E-state index in [4.69, 9.17) is 0 Å². The average Bonchev–Trinajstić information content (AvgIpc) is 2.69. The van der Waals surface area contributed by atoms with Gasteiger partial charge in [0.25, 0.3) is 0 Å². The fourth-order valence-electron chi connectivity index (χ4n) is 2.99. The minimum Gasteiger partial charge on any atom is -0.310 e. The molecule has 6 heteroatoms. The molecule has 1 aromatic carbocycles. The fraction of sp³-hybridized carbons (Fsp3) is 0.571. The van der Waals surface area contributed by atoms with E-state index in [2.05, 4.69) is 5.32 Å². The minimum atomic E-state index is -3.33. The maximum absolute atomic E-state index is 12.6. The second kappa shape index (κ2) is 6.02. The molecule has 0 spiro atoms. The summed E-state index contributed by atoms with van der Waals surface area (Å²) in [5.74, 6) is 0. The molecule has 2 aliphatic heterocycles. The largest absolute Gasteiger partial charge is 0.310 e. The number of rotatable bonds is 2. The molecule has 0 radical (unpaired) electrons. The van der Waals surface area contributed by atoms with Gasteiger partial charge < -0.3 is 5.32 Å². The zero-order chi connectivity index (χ0) is 13.5. The molecule has 3 rings (SSSR count). The fourth-order valence-corrected chi connectivity index (χ4v) is 4.49. The van der Waals surface area contributed by atoms with Gasteiger partial charge in [-0.2, -0.15) is 4.31 Å². The van der Waals surface area contributed by atoms with Gasteiger partial charge in [0.05, 0.1) is 4.90 Å². The second-order valence-corrected chi connectivity index (χ2v) is 7.54. The van der Waals surface area contributed by atoms with Crippen molar-refractivity contribution in [2.75, 3.05) is 13.1 Å². The molecule has 2 unspecified atom stereocenters. The van der Waals surface area contributed by atoms with Gasteiger partial charge in [0.15, 0.2) is 0 Å². The smallest absolute Gasteiger partial charge is 0.243 e. The summed E-state index contributed by atoms with van der Waals surface area (Å²) in [4.78, 5) is 0.413. The van der Waals surface area contributed by atoms with Crippen LogP contribution in [0.4, 0.5) is 0 Å². The molecule has 2 heterocycles. The Kier molecular flexibility index (Phi) is 4.74. The predicted octanol–water partition coefficient (Wildman–Crippen LogP) is 1.93. The molecule has 0 saturated carbocycles. The Labute approximate surface area is 127 Å². The van der Waals surface area contributed by atoms with Crippen LogP contribution < -0.4 is 5.32 Å². The Bertz CT molecular complexity index is 559. The van der Waals surface area contributed by atoms with Crippen LogP contribution in [0.25, 0.3) is 0 Å². The molecule has 4 nitrogen and oxygen atoms in total. The van der Waals surface area contributed by atoms with Crippen molar-refractivity contribution in [1.82, 2.24) is 9.62 Å². The van der Waals surface area contributed by atoms with Gasteiger partial charge in [0.1, 0.15) is 0 Å². The summed E-state index contributed by atoms with van der Waals surface area (Å²) in [6.45, 7) is 3.20. The van der Waals surface area contributed by atoms with Gasteiger partial charge in [0.2, 0.25) is 10.0 Å². The highest BCUT2D eigenvalue weighted by molar-refractivity contribution is 7.89. The molecule has 0 amide bonds. The normalized spacial score (nSPS) is 26.9. The van der Waals surface area contributed by atoms with E-state index in [1.54, 1.807) is 16.4 Å². The zero-order valence-corrected chi connectivity index (χ0v) is 13.2. The summed E-state index contributed by atoms with van der Waals surface area (Å²) in [6.07, 6.45) is 3.19. The lowest BCUT2D eigenvalue weighted by molar-refractivity contribution is 0.383. The van der Waals surface area contributed by atoms with Crippen molar-refractivity contribution in [3.8, 4) is 0 Å². The first-order valence-corrected chi connectivity index (χ1v) is 8.32. The summed E-state index contributed by atoms with van der Waals surface area (Å²) in [7, 11) is -3.33. The van der Waals surface area contributed by atoms with E-state index in [1.165, 1.54) is 6.42 Å². The summed E-state index contributed by atoms with van der Waals surface area (Å²) < 4.78 is 26.9. The Morgan fingerprint density at radius 2 is 1.75 bits per heavy atom. The lowest BCUT2D eigenvalue weighted by Crippen LogP contribution is -2.39. The third kappa shape index (κ3) is 3.01. The van der Waals surface area contributed by atoms with Gasteiger partial charge in [-0.15, -0.1) is 12.4 Å². The molecule has 2 aliphatic rings. The van der Waals surface area contributed by atoms with Crippen molar-refractivity contribution in [2.45, 2.75) is 43.2 Å². The highest BCUT2D eigenvalue weighted by Gasteiger charge is 2.34.